The molecule has 3 rings (SSSR count). The van der Waals surface area contributed by atoms with E-state index < -0.39 is 0 Å². The predicted octanol–water partition coefficient (Wildman–Crippen LogP) is 4.53. The number of aromatic nitrogens is 1. The summed E-state index contributed by atoms with van der Waals surface area (Å²) in [6.07, 6.45) is 4.16. The van der Waals surface area contributed by atoms with E-state index >= 15 is 0 Å². The first-order chi connectivity index (χ1) is 16.4. The number of urea groups is 1. The van der Waals surface area contributed by atoms with Gasteiger partial charge in [-0.3, -0.25) is 10.4 Å². The van der Waals surface area contributed by atoms with E-state index in [0.717, 1.165) is 27.8 Å². The summed E-state index contributed by atoms with van der Waals surface area (Å²) < 4.78 is 11.0. The molecule has 7 nitrogen and oxygen atoms in total. The van der Waals surface area contributed by atoms with Gasteiger partial charge in [0.1, 0.15) is 0 Å². The van der Waals surface area contributed by atoms with Crippen molar-refractivity contribution in [2.24, 2.45) is 0 Å². The molecule has 2 aromatic carbocycles. The molecule has 0 aliphatic carbocycles. The Morgan fingerprint density at radius 1 is 1.03 bits per heavy atom. The number of carbonyl (C=O) groups is 1. The van der Waals surface area contributed by atoms with Crippen LogP contribution in [0.2, 0.25) is 0 Å². The van der Waals surface area contributed by atoms with Crippen LogP contribution >= 0.6 is 0 Å². The van der Waals surface area contributed by atoms with Crippen molar-refractivity contribution in [2.45, 2.75) is 32.2 Å². The van der Waals surface area contributed by atoms with E-state index in [1.807, 2.05) is 49.5 Å². The number of methoxy groups -OCH3 is 2. The van der Waals surface area contributed by atoms with E-state index in [-0.39, 0.29) is 18.0 Å². The van der Waals surface area contributed by atoms with Gasteiger partial charge in [0.05, 0.1) is 19.9 Å². The number of benzene rings is 2. The van der Waals surface area contributed by atoms with E-state index in [1.54, 1.807) is 27.5 Å². The fourth-order valence-corrected chi connectivity index (χ4v) is 3.94. The third kappa shape index (κ3) is 5.73. The molecule has 2 unspecified atom stereocenters. The van der Waals surface area contributed by atoms with Gasteiger partial charge in [-0.2, -0.15) is 0 Å². The second-order valence-corrected chi connectivity index (χ2v) is 8.20. The molecule has 0 fully saturated rings. The van der Waals surface area contributed by atoms with Crippen molar-refractivity contribution >= 4 is 11.7 Å². The fraction of sp³-hybridized carbons (Fsp3) is 0.296. The van der Waals surface area contributed by atoms with Crippen molar-refractivity contribution in [3.05, 3.63) is 88.7 Å². The Labute approximate surface area is 201 Å². The molecule has 3 aromatic rings. The molecular weight excluding hydrogens is 428 g/mol. The highest BCUT2D eigenvalue weighted by molar-refractivity contribution is 6.12. The normalized spacial score (nSPS) is 12.4. The zero-order valence-corrected chi connectivity index (χ0v) is 20.3. The molecule has 178 valence electrons. The van der Waals surface area contributed by atoms with Crippen LogP contribution in [0, 0.1) is 5.41 Å². The quantitative estimate of drug-likeness (QED) is 0.409. The molecule has 3 N–H and O–H groups in total. The third-order valence-electron chi connectivity index (χ3n) is 5.87. The zero-order chi connectivity index (χ0) is 24.7. The van der Waals surface area contributed by atoms with Crippen LogP contribution in [0.3, 0.4) is 0 Å². The van der Waals surface area contributed by atoms with Gasteiger partial charge in [-0.25, -0.2) is 4.79 Å². The summed E-state index contributed by atoms with van der Waals surface area (Å²) in [4.78, 5) is 16.0. The molecule has 0 spiro atoms. The number of amides is 2. The van der Waals surface area contributed by atoms with Gasteiger partial charge in [0, 0.05) is 42.5 Å². The lowest BCUT2D eigenvalue weighted by molar-refractivity contribution is 0.240. The predicted molar refractivity (Wildman–Crippen MR) is 134 cm³/mol. The van der Waals surface area contributed by atoms with Crippen LogP contribution in [0.15, 0.2) is 60.9 Å². The summed E-state index contributed by atoms with van der Waals surface area (Å²) in [6, 6.07) is 15.3. The first-order valence-corrected chi connectivity index (χ1v) is 11.2. The summed E-state index contributed by atoms with van der Waals surface area (Å²) >= 11 is 0. The lowest BCUT2D eigenvalue weighted by Gasteiger charge is -2.20. The van der Waals surface area contributed by atoms with Crippen LogP contribution in [-0.4, -0.2) is 44.0 Å². The number of rotatable bonds is 9. The first-order valence-electron chi connectivity index (χ1n) is 11.2. The molecule has 7 heteroatoms. The Balaban J connectivity index is 1.99. The van der Waals surface area contributed by atoms with Crippen LogP contribution in [0.1, 0.15) is 47.6 Å². The molecule has 0 saturated carbocycles. The maximum absolute atomic E-state index is 11.8. The number of nitrogens with zero attached hydrogens (tertiary/aromatic N) is 1. The molecule has 1 heterocycles. The first kappa shape index (κ1) is 24.8. The van der Waals surface area contributed by atoms with Crippen LogP contribution in [-0.2, 0) is 6.42 Å². The molecule has 0 aliphatic rings. The molecule has 1 aromatic heterocycles. The average molecular weight is 461 g/mol. The highest BCUT2D eigenvalue weighted by Crippen LogP contribution is 2.33. The van der Waals surface area contributed by atoms with E-state index in [0.29, 0.717) is 23.6 Å². The second-order valence-electron chi connectivity index (χ2n) is 8.20. The van der Waals surface area contributed by atoms with Crippen molar-refractivity contribution in [3.63, 3.8) is 0 Å². The Bertz CT molecular complexity index is 1150. The lowest BCUT2D eigenvalue weighted by atomic mass is 9.89. The molecule has 0 radical (unpaired) electrons. The molecule has 2 atom stereocenters. The van der Waals surface area contributed by atoms with Crippen LogP contribution in [0.5, 0.6) is 11.5 Å². The summed E-state index contributed by atoms with van der Waals surface area (Å²) in [5.41, 5.74) is 5.02. The Morgan fingerprint density at radius 3 is 2.38 bits per heavy atom. The monoisotopic (exact) mass is 460 g/mol. The summed E-state index contributed by atoms with van der Waals surface area (Å²) in [5.74, 6) is 1.28. The van der Waals surface area contributed by atoms with Gasteiger partial charge < -0.3 is 20.1 Å². The second kappa shape index (κ2) is 11.3. The topological polar surface area (TPSA) is 96.3 Å². The highest BCUT2D eigenvalue weighted by Gasteiger charge is 2.19. The minimum Gasteiger partial charge on any atom is -0.493 e. The van der Waals surface area contributed by atoms with Gasteiger partial charge in [0.2, 0.25) is 0 Å². The van der Waals surface area contributed by atoms with E-state index in [4.69, 9.17) is 14.9 Å². The van der Waals surface area contributed by atoms with Gasteiger partial charge in [-0.1, -0.05) is 31.2 Å². The number of hydrogen-bond acceptors (Lipinski definition) is 5. The van der Waals surface area contributed by atoms with Crippen molar-refractivity contribution in [1.29, 1.82) is 5.41 Å². The largest absolute Gasteiger partial charge is 0.493 e. The molecule has 0 saturated heterocycles. The minimum atomic E-state index is -0.248. The maximum atomic E-state index is 11.8. The third-order valence-corrected chi connectivity index (χ3v) is 5.87. The van der Waals surface area contributed by atoms with Gasteiger partial charge >= 0.3 is 6.03 Å². The smallest absolute Gasteiger partial charge is 0.314 e. The molecule has 2 amide bonds. The van der Waals surface area contributed by atoms with Gasteiger partial charge in [0.15, 0.2) is 11.5 Å². The Hall–Kier alpha value is -3.87. The summed E-state index contributed by atoms with van der Waals surface area (Å²) in [7, 11) is 4.75. The van der Waals surface area contributed by atoms with Gasteiger partial charge in [-0.15, -0.1) is 0 Å². The SMILES string of the molecule is CNC(=O)NC(C)Cc1cc(OC)c(OC)cc1C(=N)c1cccc(C(C)c2cccnc2)c1. The molecule has 34 heavy (non-hydrogen) atoms. The summed E-state index contributed by atoms with van der Waals surface area (Å²) in [6.45, 7) is 4.06. The number of hydrogen-bond donors (Lipinski definition) is 3. The van der Waals surface area contributed by atoms with Gasteiger partial charge in [-0.05, 0) is 54.3 Å². The molecule has 0 aliphatic heterocycles. The number of pyridine rings is 1. The highest BCUT2D eigenvalue weighted by atomic mass is 16.5. The molecule has 0 bridgehead atoms. The van der Waals surface area contributed by atoms with E-state index in [9.17, 15) is 4.79 Å². The summed E-state index contributed by atoms with van der Waals surface area (Å²) in [5, 5.41) is 14.5. The van der Waals surface area contributed by atoms with E-state index in [1.165, 1.54) is 0 Å². The van der Waals surface area contributed by atoms with E-state index in [2.05, 4.69) is 34.7 Å². The number of ether oxygens (including phenoxy) is 2. The van der Waals surface area contributed by atoms with Crippen LogP contribution in [0.4, 0.5) is 4.79 Å². The fourth-order valence-electron chi connectivity index (χ4n) is 3.94. The zero-order valence-electron chi connectivity index (χ0n) is 20.3. The number of nitrogens with one attached hydrogen (secondary N) is 3. The lowest BCUT2D eigenvalue weighted by Crippen LogP contribution is -2.40. The van der Waals surface area contributed by atoms with Crippen LogP contribution in [0.25, 0.3) is 0 Å². The minimum absolute atomic E-state index is 0.142. The van der Waals surface area contributed by atoms with Crippen molar-refractivity contribution in [1.82, 2.24) is 15.6 Å². The van der Waals surface area contributed by atoms with Crippen molar-refractivity contribution in [2.75, 3.05) is 21.3 Å². The average Bonchev–Trinajstić information content (AvgIpc) is 2.87. The van der Waals surface area contributed by atoms with Crippen molar-refractivity contribution in [3.8, 4) is 11.5 Å². The van der Waals surface area contributed by atoms with Gasteiger partial charge in [0.25, 0.3) is 0 Å². The van der Waals surface area contributed by atoms with Crippen LogP contribution < -0.4 is 20.1 Å². The number of carbonyl (C=O) groups excluding carboxylic acids is 1. The maximum Gasteiger partial charge on any atom is 0.314 e. The van der Waals surface area contributed by atoms with Crippen molar-refractivity contribution < 1.29 is 14.3 Å². The molecular formula is C27H32N4O3. The Kier molecular flexibility index (Phi) is 8.24. The Morgan fingerprint density at radius 2 is 1.74 bits per heavy atom. The standard InChI is InChI=1S/C27H32N4O3/c1-17(31-27(32)29-3)12-22-14-24(33-4)25(34-5)15-23(22)26(28)20-9-6-8-19(13-20)18(2)21-10-7-11-30-16-21/h6-11,13-18,28H,12H2,1-5H3,(H2,29,31,32).